The van der Waals surface area contributed by atoms with Gasteiger partial charge in [0.05, 0.1) is 4.90 Å². The molecule has 1 aliphatic rings. The van der Waals surface area contributed by atoms with Crippen molar-refractivity contribution in [1.82, 2.24) is 20.0 Å². The first-order valence-electron chi connectivity index (χ1n) is 6.45. The van der Waals surface area contributed by atoms with E-state index in [2.05, 4.69) is 20.0 Å². The highest BCUT2D eigenvalue weighted by molar-refractivity contribution is 7.89. The highest BCUT2D eigenvalue weighted by Crippen LogP contribution is 2.19. The number of nitrogens with one attached hydrogen (secondary N) is 3. The van der Waals surface area contributed by atoms with Gasteiger partial charge >= 0.3 is 0 Å². The lowest BCUT2D eigenvalue weighted by Gasteiger charge is -2.07. The monoisotopic (exact) mass is 292 g/mol. The number of benzene rings is 1. The maximum atomic E-state index is 12.2. The summed E-state index contributed by atoms with van der Waals surface area (Å²) >= 11 is 0. The van der Waals surface area contributed by atoms with Crippen LogP contribution in [0.15, 0.2) is 35.5 Å². The fourth-order valence-electron chi connectivity index (χ4n) is 2.26. The lowest BCUT2D eigenvalue weighted by atomic mass is 10.1. The van der Waals surface area contributed by atoms with Crippen LogP contribution in [0.5, 0.6) is 0 Å². The Bertz CT molecular complexity index is 695. The zero-order chi connectivity index (χ0) is 14.0. The SMILES string of the molecule is O=S(=O)(NCCc1ncc[nH]1)c1ccc2c(c1)CNC2. The number of aromatic nitrogens is 2. The number of rotatable bonds is 5. The number of imidazole rings is 1. The van der Waals surface area contributed by atoms with Crippen molar-refractivity contribution >= 4 is 10.0 Å². The van der Waals surface area contributed by atoms with E-state index in [-0.39, 0.29) is 0 Å². The molecular formula is C13H16N4O2S. The molecule has 0 unspecified atom stereocenters. The van der Waals surface area contributed by atoms with Crippen molar-refractivity contribution in [2.45, 2.75) is 24.4 Å². The number of aromatic amines is 1. The second kappa shape index (κ2) is 5.35. The first-order chi connectivity index (χ1) is 9.65. The maximum absolute atomic E-state index is 12.2. The third-order valence-electron chi connectivity index (χ3n) is 3.33. The third kappa shape index (κ3) is 2.74. The lowest BCUT2D eigenvalue weighted by molar-refractivity contribution is 0.581. The van der Waals surface area contributed by atoms with Gasteiger partial charge in [-0.1, -0.05) is 6.07 Å². The van der Waals surface area contributed by atoms with Crippen LogP contribution < -0.4 is 10.0 Å². The molecule has 0 radical (unpaired) electrons. The van der Waals surface area contributed by atoms with Crippen LogP contribution in [0.4, 0.5) is 0 Å². The predicted octanol–water partition coefficient (Wildman–Crippen LogP) is 0.534. The quantitative estimate of drug-likeness (QED) is 0.750. The molecule has 0 aliphatic carbocycles. The van der Waals surface area contributed by atoms with Crippen LogP contribution in [0.25, 0.3) is 0 Å². The molecule has 1 aromatic heterocycles. The van der Waals surface area contributed by atoms with Gasteiger partial charge in [-0.2, -0.15) is 0 Å². The topological polar surface area (TPSA) is 86.9 Å². The Morgan fingerprint density at radius 1 is 1.25 bits per heavy atom. The fraction of sp³-hybridized carbons (Fsp3) is 0.308. The molecule has 0 spiro atoms. The summed E-state index contributed by atoms with van der Waals surface area (Å²) in [5.41, 5.74) is 2.22. The van der Waals surface area contributed by atoms with Gasteiger partial charge in [0.1, 0.15) is 5.82 Å². The molecule has 7 heteroatoms. The number of H-pyrrole nitrogens is 1. The van der Waals surface area contributed by atoms with Gasteiger partial charge < -0.3 is 10.3 Å². The van der Waals surface area contributed by atoms with Gasteiger partial charge in [0, 0.05) is 38.4 Å². The molecular weight excluding hydrogens is 276 g/mol. The largest absolute Gasteiger partial charge is 0.349 e. The molecule has 0 amide bonds. The average Bonchev–Trinajstić information content (AvgIpc) is 3.08. The van der Waals surface area contributed by atoms with E-state index in [1.54, 1.807) is 24.5 Å². The highest BCUT2D eigenvalue weighted by atomic mass is 32.2. The van der Waals surface area contributed by atoms with Crippen molar-refractivity contribution in [3.63, 3.8) is 0 Å². The summed E-state index contributed by atoms with van der Waals surface area (Å²) in [4.78, 5) is 7.32. The maximum Gasteiger partial charge on any atom is 0.240 e. The Kier molecular flexibility index (Phi) is 3.56. The van der Waals surface area contributed by atoms with Gasteiger partial charge in [-0.15, -0.1) is 0 Å². The van der Waals surface area contributed by atoms with Gasteiger partial charge in [0.15, 0.2) is 0 Å². The zero-order valence-corrected chi connectivity index (χ0v) is 11.7. The van der Waals surface area contributed by atoms with E-state index < -0.39 is 10.0 Å². The molecule has 0 bridgehead atoms. The molecule has 2 heterocycles. The number of nitrogens with zero attached hydrogens (tertiary/aromatic N) is 1. The highest BCUT2D eigenvalue weighted by Gasteiger charge is 2.17. The molecule has 0 saturated carbocycles. The Labute approximate surface area is 117 Å². The normalized spacial score (nSPS) is 14.4. The van der Waals surface area contributed by atoms with Gasteiger partial charge in [-0.3, -0.25) is 0 Å². The molecule has 20 heavy (non-hydrogen) atoms. The minimum absolute atomic E-state index is 0.319. The van der Waals surface area contributed by atoms with E-state index >= 15 is 0 Å². The van der Waals surface area contributed by atoms with Crippen LogP contribution in [0.1, 0.15) is 17.0 Å². The standard InChI is InChI=1S/C13H16N4O2S/c18-20(19,17-4-3-13-15-5-6-16-13)12-2-1-10-8-14-9-11(10)7-12/h1-2,5-7,14,17H,3-4,8-9H2,(H,15,16). The average molecular weight is 292 g/mol. The van der Waals surface area contributed by atoms with E-state index in [9.17, 15) is 8.42 Å². The third-order valence-corrected chi connectivity index (χ3v) is 4.79. The van der Waals surface area contributed by atoms with Crippen LogP contribution >= 0.6 is 0 Å². The molecule has 3 rings (SSSR count). The molecule has 1 aliphatic heterocycles. The zero-order valence-electron chi connectivity index (χ0n) is 10.9. The number of fused-ring (bicyclic) bond motifs is 1. The predicted molar refractivity (Wildman–Crippen MR) is 74.5 cm³/mol. The Morgan fingerprint density at radius 3 is 2.90 bits per heavy atom. The van der Waals surface area contributed by atoms with E-state index in [4.69, 9.17) is 0 Å². The van der Waals surface area contributed by atoms with Crippen LogP contribution in [-0.4, -0.2) is 24.9 Å². The molecule has 106 valence electrons. The van der Waals surface area contributed by atoms with Gasteiger partial charge in [-0.05, 0) is 23.3 Å². The van der Waals surface area contributed by atoms with Crippen molar-refractivity contribution in [3.05, 3.63) is 47.5 Å². The van der Waals surface area contributed by atoms with Crippen LogP contribution in [0, 0.1) is 0 Å². The Balaban J connectivity index is 1.68. The van der Waals surface area contributed by atoms with Crippen molar-refractivity contribution in [1.29, 1.82) is 0 Å². The van der Waals surface area contributed by atoms with Gasteiger partial charge in [-0.25, -0.2) is 18.1 Å². The second-order valence-corrected chi connectivity index (χ2v) is 6.48. The minimum Gasteiger partial charge on any atom is -0.349 e. The molecule has 3 N–H and O–H groups in total. The Morgan fingerprint density at radius 2 is 2.10 bits per heavy atom. The van der Waals surface area contributed by atoms with E-state index in [1.165, 1.54) is 5.56 Å². The van der Waals surface area contributed by atoms with Crippen molar-refractivity contribution in [2.75, 3.05) is 6.54 Å². The van der Waals surface area contributed by atoms with E-state index in [1.807, 2.05) is 6.07 Å². The van der Waals surface area contributed by atoms with Crippen LogP contribution in [0.2, 0.25) is 0 Å². The van der Waals surface area contributed by atoms with Crippen molar-refractivity contribution in [3.8, 4) is 0 Å². The summed E-state index contributed by atoms with van der Waals surface area (Å²) in [5, 5.41) is 3.20. The summed E-state index contributed by atoms with van der Waals surface area (Å²) in [5.74, 6) is 0.769. The summed E-state index contributed by atoms with van der Waals surface area (Å²) in [7, 11) is -3.45. The van der Waals surface area contributed by atoms with E-state index in [0.29, 0.717) is 17.9 Å². The smallest absolute Gasteiger partial charge is 0.240 e. The van der Waals surface area contributed by atoms with Crippen LogP contribution in [-0.2, 0) is 29.5 Å². The fourth-order valence-corrected chi connectivity index (χ4v) is 3.34. The first-order valence-corrected chi connectivity index (χ1v) is 7.94. The first kappa shape index (κ1) is 13.3. The molecule has 6 nitrogen and oxygen atoms in total. The van der Waals surface area contributed by atoms with Crippen LogP contribution in [0.3, 0.4) is 0 Å². The van der Waals surface area contributed by atoms with Gasteiger partial charge in [0.25, 0.3) is 0 Å². The summed E-state index contributed by atoms with van der Waals surface area (Å²) in [6.07, 6.45) is 3.91. The molecule has 0 saturated heterocycles. The number of hydrogen-bond acceptors (Lipinski definition) is 4. The van der Waals surface area contributed by atoms with Crippen molar-refractivity contribution in [2.24, 2.45) is 0 Å². The number of sulfonamides is 1. The summed E-state index contributed by atoms with van der Waals surface area (Å²) in [6.45, 7) is 1.86. The molecule has 0 fully saturated rings. The number of hydrogen-bond donors (Lipinski definition) is 3. The second-order valence-electron chi connectivity index (χ2n) is 4.72. The minimum atomic E-state index is -3.45. The molecule has 1 aromatic carbocycles. The molecule has 2 aromatic rings. The van der Waals surface area contributed by atoms with Gasteiger partial charge in [0.2, 0.25) is 10.0 Å². The summed E-state index contributed by atoms with van der Waals surface area (Å²) < 4.78 is 27.0. The lowest BCUT2D eigenvalue weighted by Crippen LogP contribution is -2.26. The van der Waals surface area contributed by atoms with E-state index in [0.717, 1.165) is 24.5 Å². The molecule has 0 atom stereocenters. The Hall–Kier alpha value is -1.70. The summed E-state index contributed by atoms with van der Waals surface area (Å²) in [6, 6.07) is 5.27. The van der Waals surface area contributed by atoms with Crippen molar-refractivity contribution < 1.29 is 8.42 Å².